The van der Waals surface area contributed by atoms with E-state index in [1.165, 1.54) is 36.3 Å². The molecule has 1 aromatic heterocycles. The summed E-state index contributed by atoms with van der Waals surface area (Å²) >= 11 is 2.11. The van der Waals surface area contributed by atoms with E-state index in [1.54, 1.807) is 0 Å². The summed E-state index contributed by atoms with van der Waals surface area (Å²) in [5, 5.41) is 3.63. The van der Waals surface area contributed by atoms with Crippen LogP contribution in [0.15, 0.2) is 12.3 Å². The first-order valence-corrected chi connectivity index (χ1v) is 9.10. The minimum absolute atomic E-state index is 0.406. The van der Waals surface area contributed by atoms with Crippen LogP contribution in [0.3, 0.4) is 0 Å². The number of pyridine rings is 1. The molecule has 0 atom stereocenters. The number of aryl methyl sites for hydroxylation is 1. The molecule has 3 rings (SSSR count). The van der Waals surface area contributed by atoms with Gasteiger partial charge in [0.05, 0.1) is 0 Å². The second-order valence-corrected chi connectivity index (χ2v) is 8.76. The molecule has 1 N–H and O–H groups in total. The van der Waals surface area contributed by atoms with Gasteiger partial charge in [-0.3, -0.25) is 4.98 Å². The molecular formula is C17H27N3S. The summed E-state index contributed by atoms with van der Waals surface area (Å²) < 4.78 is 0.406. The number of hydrogen-bond acceptors (Lipinski definition) is 4. The highest BCUT2D eigenvalue weighted by Gasteiger charge is 2.25. The van der Waals surface area contributed by atoms with Crippen LogP contribution >= 0.6 is 11.8 Å². The van der Waals surface area contributed by atoms with E-state index in [-0.39, 0.29) is 0 Å². The van der Waals surface area contributed by atoms with Crippen molar-refractivity contribution in [3.63, 3.8) is 0 Å². The van der Waals surface area contributed by atoms with Gasteiger partial charge in [0.15, 0.2) is 0 Å². The van der Waals surface area contributed by atoms with Crippen molar-refractivity contribution in [1.82, 2.24) is 10.3 Å². The molecule has 1 saturated heterocycles. The summed E-state index contributed by atoms with van der Waals surface area (Å²) in [4.78, 5) is 7.08. The summed E-state index contributed by atoms with van der Waals surface area (Å²) in [7, 11) is 0. The molecule has 2 fully saturated rings. The SMILES string of the molecule is Cc1cc(N2CCSC(C)(C)CC2)c(CNC2CC2)cn1. The third-order valence-corrected chi connectivity index (χ3v) is 5.81. The molecule has 0 bridgehead atoms. The number of aromatic nitrogens is 1. The third kappa shape index (κ3) is 4.13. The first-order valence-electron chi connectivity index (χ1n) is 8.11. The summed E-state index contributed by atoms with van der Waals surface area (Å²) in [5.41, 5.74) is 3.88. The van der Waals surface area contributed by atoms with Crippen LogP contribution in [0.1, 0.15) is 44.4 Å². The van der Waals surface area contributed by atoms with E-state index >= 15 is 0 Å². The van der Waals surface area contributed by atoms with Crippen molar-refractivity contribution in [2.24, 2.45) is 0 Å². The van der Waals surface area contributed by atoms with Gasteiger partial charge in [0, 0.05) is 59.3 Å². The van der Waals surface area contributed by atoms with Crippen LogP contribution in [-0.4, -0.2) is 34.6 Å². The quantitative estimate of drug-likeness (QED) is 0.923. The molecule has 2 heterocycles. The maximum atomic E-state index is 4.51. The van der Waals surface area contributed by atoms with Crippen molar-refractivity contribution < 1.29 is 0 Å². The highest BCUT2D eigenvalue weighted by molar-refractivity contribution is 8.00. The van der Waals surface area contributed by atoms with E-state index in [4.69, 9.17) is 0 Å². The Balaban J connectivity index is 1.76. The molecule has 0 aromatic carbocycles. The molecular weight excluding hydrogens is 278 g/mol. The fraction of sp³-hybridized carbons (Fsp3) is 0.706. The standard InChI is InChI=1S/C17H27N3S/c1-13-10-16(14(11-18-13)12-19-15-4-5-15)20-7-6-17(2,3)21-9-8-20/h10-11,15,19H,4-9,12H2,1-3H3. The van der Waals surface area contributed by atoms with Crippen LogP contribution in [0.4, 0.5) is 5.69 Å². The van der Waals surface area contributed by atoms with Crippen molar-refractivity contribution in [2.75, 3.05) is 23.7 Å². The van der Waals surface area contributed by atoms with Crippen molar-refractivity contribution in [3.05, 3.63) is 23.5 Å². The molecule has 0 radical (unpaired) electrons. The van der Waals surface area contributed by atoms with Crippen LogP contribution < -0.4 is 10.2 Å². The number of anilines is 1. The minimum atomic E-state index is 0.406. The average Bonchev–Trinajstić information content (AvgIpc) is 3.25. The molecule has 3 nitrogen and oxygen atoms in total. The fourth-order valence-electron chi connectivity index (χ4n) is 2.81. The fourth-order valence-corrected chi connectivity index (χ4v) is 3.91. The Morgan fingerprint density at radius 3 is 2.95 bits per heavy atom. The van der Waals surface area contributed by atoms with Gasteiger partial charge in [-0.2, -0.15) is 11.8 Å². The summed E-state index contributed by atoms with van der Waals surface area (Å²) in [6.45, 7) is 10.1. The number of nitrogens with zero attached hydrogens (tertiary/aromatic N) is 2. The van der Waals surface area contributed by atoms with Gasteiger partial charge in [0.2, 0.25) is 0 Å². The van der Waals surface area contributed by atoms with E-state index in [2.05, 4.69) is 60.0 Å². The first-order chi connectivity index (χ1) is 10.0. The summed E-state index contributed by atoms with van der Waals surface area (Å²) in [5.74, 6) is 1.21. The van der Waals surface area contributed by atoms with Crippen LogP contribution in [0.25, 0.3) is 0 Å². The molecule has 0 amide bonds. The maximum absolute atomic E-state index is 4.51. The van der Waals surface area contributed by atoms with E-state index < -0.39 is 0 Å². The zero-order valence-electron chi connectivity index (χ0n) is 13.5. The summed E-state index contributed by atoms with van der Waals surface area (Å²) in [6.07, 6.45) is 5.99. The smallest absolute Gasteiger partial charge is 0.0445 e. The molecule has 4 heteroatoms. The number of thioether (sulfide) groups is 1. The Morgan fingerprint density at radius 1 is 1.38 bits per heavy atom. The predicted octanol–water partition coefficient (Wildman–Crippen LogP) is 3.36. The zero-order chi connectivity index (χ0) is 14.9. The normalized spacial score (nSPS) is 22.1. The number of hydrogen-bond donors (Lipinski definition) is 1. The highest BCUT2D eigenvalue weighted by Crippen LogP contribution is 2.33. The summed E-state index contributed by atoms with van der Waals surface area (Å²) in [6, 6.07) is 3.02. The van der Waals surface area contributed by atoms with E-state index in [0.29, 0.717) is 4.75 Å². The van der Waals surface area contributed by atoms with Gasteiger partial charge in [-0.1, -0.05) is 13.8 Å². The van der Waals surface area contributed by atoms with Crippen molar-refractivity contribution in [3.8, 4) is 0 Å². The van der Waals surface area contributed by atoms with E-state index in [1.807, 2.05) is 0 Å². The second-order valence-electron chi connectivity index (χ2n) is 6.95. The molecule has 1 aromatic rings. The van der Waals surface area contributed by atoms with Gasteiger partial charge in [0.1, 0.15) is 0 Å². The maximum Gasteiger partial charge on any atom is 0.0445 e. The van der Waals surface area contributed by atoms with Gasteiger partial charge >= 0.3 is 0 Å². The number of nitrogens with one attached hydrogen (secondary N) is 1. The van der Waals surface area contributed by atoms with E-state index in [0.717, 1.165) is 31.4 Å². The Bertz CT molecular complexity index is 497. The number of rotatable bonds is 4. The topological polar surface area (TPSA) is 28.2 Å². The minimum Gasteiger partial charge on any atom is -0.370 e. The molecule has 0 unspecified atom stereocenters. The molecule has 21 heavy (non-hydrogen) atoms. The monoisotopic (exact) mass is 305 g/mol. The van der Waals surface area contributed by atoms with Crippen LogP contribution in [0.2, 0.25) is 0 Å². The molecule has 1 saturated carbocycles. The molecule has 116 valence electrons. The van der Waals surface area contributed by atoms with Gasteiger partial charge in [-0.25, -0.2) is 0 Å². The van der Waals surface area contributed by atoms with Crippen molar-refractivity contribution in [1.29, 1.82) is 0 Å². The van der Waals surface area contributed by atoms with Gasteiger partial charge in [0.25, 0.3) is 0 Å². The first kappa shape index (κ1) is 15.2. The van der Waals surface area contributed by atoms with Gasteiger partial charge in [-0.05, 0) is 32.3 Å². The lowest BCUT2D eigenvalue weighted by Crippen LogP contribution is -2.29. The molecule has 1 aliphatic carbocycles. The molecule has 2 aliphatic rings. The van der Waals surface area contributed by atoms with Crippen molar-refractivity contribution in [2.45, 2.75) is 57.4 Å². The van der Waals surface area contributed by atoms with Crippen LogP contribution in [-0.2, 0) is 6.54 Å². The highest BCUT2D eigenvalue weighted by atomic mass is 32.2. The Hall–Kier alpha value is -0.740. The lowest BCUT2D eigenvalue weighted by Gasteiger charge is -2.26. The van der Waals surface area contributed by atoms with Gasteiger partial charge in [-0.15, -0.1) is 0 Å². The lowest BCUT2D eigenvalue weighted by molar-refractivity contribution is 0.633. The Morgan fingerprint density at radius 2 is 2.19 bits per heavy atom. The zero-order valence-corrected chi connectivity index (χ0v) is 14.3. The van der Waals surface area contributed by atoms with Crippen LogP contribution in [0, 0.1) is 6.92 Å². The van der Waals surface area contributed by atoms with Gasteiger partial charge < -0.3 is 10.2 Å². The third-order valence-electron chi connectivity index (χ3n) is 4.44. The van der Waals surface area contributed by atoms with Crippen LogP contribution in [0.5, 0.6) is 0 Å². The van der Waals surface area contributed by atoms with Crippen molar-refractivity contribution >= 4 is 17.4 Å². The van der Waals surface area contributed by atoms with E-state index in [9.17, 15) is 0 Å². The average molecular weight is 305 g/mol. The largest absolute Gasteiger partial charge is 0.370 e. The molecule has 1 aliphatic heterocycles. The lowest BCUT2D eigenvalue weighted by atomic mass is 10.1. The Kier molecular flexibility index (Phi) is 4.46. The predicted molar refractivity (Wildman–Crippen MR) is 92.2 cm³/mol. The Labute approximate surface area is 132 Å². The molecule has 0 spiro atoms. The second kappa shape index (κ2) is 6.17.